The molecule has 7 aromatic rings. The molecule has 0 spiro atoms. The van der Waals surface area contributed by atoms with Crippen molar-refractivity contribution in [3.05, 3.63) is 109 Å². The van der Waals surface area contributed by atoms with E-state index in [4.69, 9.17) is 0 Å². The molecular formula is C30H19N. The van der Waals surface area contributed by atoms with Crippen LogP contribution in [0, 0.1) is 0 Å². The summed E-state index contributed by atoms with van der Waals surface area (Å²) in [5.41, 5.74) is 4.95. The van der Waals surface area contributed by atoms with Gasteiger partial charge in [-0.05, 0) is 56.1 Å². The summed E-state index contributed by atoms with van der Waals surface area (Å²) in [4.78, 5) is 3.77. The van der Waals surface area contributed by atoms with Gasteiger partial charge >= 0.3 is 0 Å². The smallest absolute Gasteiger partial charge is 0.0544 e. The Balaban J connectivity index is 1.66. The number of aromatic nitrogens is 1. The first kappa shape index (κ1) is 16.7. The molecule has 144 valence electrons. The number of H-pyrrole nitrogens is 1. The minimum absolute atomic E-state index is 1.19. The van der Waals surface area contributed by atoms with Crippen molar-refractivity contribution in [2.75, 3.05) is 0 Å². The maximum atomic E-state index is 3.77. The number of fused-ring (bicyclic) bond motifs is 6. The maximum Gasteiger partial charge on any atom is 0.0544 e. The lowest BCUT2D eigenvalue weighted by molar-refractivity contribution is 1.55. The van der Waals surface area contributed by atoms with Gasteiger partial charge < -0.3 is 4.98 Å². The predicted molar refractivity (Wildman–Crippen MR) is 134 cm³/mol. The van der Waals surface area contributed by atoms with E-state index in [-0.39, 0.29) is 0 Å². The van der Waals surface area contributed by atoms with Gasteiger partial charge in [0, 0.05) is 21.9 Å². The zero-order valence-corrected chi connectivity index (χ0v) is 16.9. The molecule has 0 aliphatic heterocycles. The monoisotopic (exact) mass is 393 g/mol. The molecule has 0 amide bonds. The van der Waals surface area contributed by atoms with E-state index >= 15 is 0 Å². The predicted octanol–water partition coefficient (Wildman–Crippen LogP) is 8.45. The van der Waals surface area contributed by atoms with Crippen molar-refractivity contribution in [2.24, 2.45) is 0 Å². The van der Waals surface area contributed by atoms with Gasteiger partial charge in [0.05, 0.1) is 5.52 Å². The quantitative estimate of drug-likeness (QED) is 0.269. The lowest BCUT2D eigenvalue weighted by Gasteiger charge is -2.13. The molecule has 0 radical (unpaired) electrons. The van der Waals surface area contributed by atoms with Crippen molar-refractivity contribution >= 4 is 54.1 Å². The van der Waals surface area contributed by atoms with Gasteiger partial charge in [-0.15, -0.1) is 0 Å². The van der Waals surface area contributed by atoms with Crippen LogP contribution in [0.1, 0.15) is 0 Å². The second kappa shape index (κ2) is 6.20. The molecule has 0 fully saturated rings. The second-order valence-electron chi connectivity index (χ2n) is 8.29. The molecule has 1 aromatic heterocycles. The van der Waals surface area contributed by atoms with Gasteiger partial charge in [-0.2, -0.15) is 0 Å². The lowest BCUT2D eigenvalue weighted by Crippen LogP contribution is -1.87. The summed E-state index contributed by atoms with van der Waals surface area (Å²) < 4.78 is 0. The highest BCUT2D eigenvalue weighted by Crippen LogP contribution is 2.41. The van der Waals surface area contributed by atoms with Crippen molar-refractivity contribution in [3.63, 3.8) is 0 Å². The van der Waals surface area contributed by atoms with Crippen LogP contribution in [0.15, 0.2) is 109 Å². The Morgan fingerprint density at radius 1 is 0.419 bits per heavy atom. The minimum Gasteiger partial charge on any atom is -0.354 e. The van der Waals surface area contributed by atoms with Crippen LogP contribution in [-0.2, 0) is 0 Å². The summed E-state index contributed by atoms with van der Waals surface area (Å²) in [6, 6.07) is 39.6. The summed E-state index contributed by atoms with van der Waals surface area (Å²) in [5, 5.41) is 10.2. The summed E-state index contributed by atoms with van der Waals surface area (Å²) in [6.07, 6.45) is 0. The van der Waals surface area contributed by atoms with Gasteiger partial charge in [-0.3, -0.25) is 0 Å². The van der Waals surface area contributed by atoms with Crippen LogP contribution in [0.2, 0.25) is 0 Å². The molecule has 0 atom stereocenters. The molecule has 6 aromatic carbocycles. The molecule has 0 bridgehead atoms. The van der Waals surface area contributed by atoms with Gasteiger partial charge in [-0.25, -0.2) is 0 Å². The van der Waals surface area contributed by atoms with Crippen LogP contribution in [0.3, 0.4) is 0 Å². The minimum atomic E-state index is 1.19. The molecule has 1 heterocycles. The first-order valence-corrected chi connectivity index (χ1v) is 10.7. The summed E-state index contributed by atoms with van der Waals surface area (Å²) in [7, 11) is 0. The van der Waals surface area contributed by atoms with E-state index in [1.54, 1.807) is 0 Å². The van der Waals surface area contributed by atoms with Crippen molar-refractivity contribution < 1.29 is 0 Å². The van der Waals surface area contributed by atoms with Gasteiger partial charge in [0.1, 0.15) is 0 Å². The Bertz CT molecular complexity index is 1730. The molecule has 7 rings (SSSR count). The first-order valence-electron chi connectivity index (χ1n) is 10.7. The van der Waals surface area contributed by atoms with Gasteiger partial charge in [0.25, 0.3) is 0 Å². The zero-order valence-electron chi connectivity index (χ0n) is 16.9. The topological polar surface area (TPSA) is 15.8 Å². The third kappa shape index (κ3) is 2.38. The first-order chi connectivity index (χ1) is 15.4. The number of hydrogen-bond donors (Lipinski definition) is 1. The summed E-state index contributed by atoms with van der Waals surface area (Å²) >= 11 is 0. The van der Waals surface area contributed by atoms with Crippen LogP contribution >= 0.6 is 0 Å². The van der Waals surface area contributed by atoms with E-state index in [0.717, 1.165) is 0 Å². The highest BCUT2D eigenvalue weighted by Gasteiger charge is 2.15. The Hall–Kier alpha value is -4.10. The maximum absolute atomic E-state index is 3.77. The fourth-order valence-electron chi connectivity index (χ4n) is 5.12. The average molecular weight is 393 g/mol. The second-order valence-corrected chi connectivity index (χ2v) is 8.29. The van der Waals surface area contributed by atoms with E-state index in [1.807, 2.05) is 0 Å². The molecule has 1 N–H and O–H groups in total. The van der Waals surface area contributed by atoms with Gasteiger partial charge in [-0.1, -0.05) is 91.0 Å². The molecule has 0 aliphatic carbocycles. The molecule has 0 saturated heterocycles. The van der Waals surface area contributed by atoms with Crippen molar-refractivity contribution in [1.29, 1.82) is 0 Å². The molecular weight excluding hydrogens is 374 g/mol. The molecule has 0 saturated carbocycles. The Kier molecular flexibility index (Phi) is 3.33. The van der Waals surface area contributed by atoms with Crippen LogP contribution in [0.5, 0.6) is 0 Å². The van der Waals surface area contributed by atoms with E-state index in [1.165, 1.54) is 65.3 Å². The van der Waals surface area contributed by atoms with Crippen LogP contribution < -0.4 is 0 Å². The number of hydrogen-bond acceptors (Lipinski definition) is 0. The standard InChI is InChI=1S/C30H19N/c1-2-9-20-18-28-27(17-19(20)8-1)25-14-7-15-26(30(25)31-28)29-23-12-5-3-10-21(23)16-22-11-4-6-13-24(22)29/h1-18,31H. The third-order valence-electron chi connectivity index (χ3n) is 6.54. The Labute approximate surface area is 179 Å². The fourth-order valence-corrected chi connectivity index (χ4v) is 5.12. The van der Waals surface area contributed by atoms with Gasteiger partial charge in [0.15, 0.2) is 0 Å². The number of benzene rings is 6. The zero-order chi connectivity index (χ0) is 20.4. The SMILES string of the molecule is c1ccc2cc3c(cc2c1)[nH]c1c(-c2c4ccccc4cc4ccccc24)cccc13. The average Bonchev–Trinajstić information content (AvgIpc) is 3.19. The molecule has 1 nitrogen and oxygen atoms in total. The highest BCUT2D eigenvalue weighted by molar-refractivity contribution is 6.20. The Morgan fingerprint density at radius 2 is 1.00 bits per heavy atom. The largest absolute Gasteiger partial charge is 0.354 e. The van der Waals surface area contributed by atoms with Crippen molar-refractivity contribution in [1.82, 2.24) is 4.98 Å². The van der Waals surface area contributed by atoms with E-state index in [0.29, 0.717) is 0 Å². The molecule has 0 unspecified atom stereocenters. The number of para-hydroxylation sites is 1. The highest BCUT2D eigenvalue weighted by atomic mass is 14.7. The summed E-state index contributed by atoms with van der Waals surface area (Å²) in [6.45, 7) is 0. The normalized spacial score (nSPS) is 11.9. The van der Waals surface area contributed by atoms with Crippen molar-refractivity contribution in [3.8, 4) is 11.1 Å². The fraction of sp³-hybridized carbons (Fsp3) is 0. The number of aromatic amines is 1. The molecule has 1 heteroatoms. The number of nitrogens with one attached hydrogen (secondary N) is 1. The van der Waals surface area contributed by atoms with E-state index in [9.17, 15) is 0 Å². The molecule has 31 heavy (non-hydrogen) atoms. The lowest BCUT2D eigenvalue weighted by atomic mass is 9.91. The number of rotatable bonds is 1. The van der Waals surface area contributed by atoms with Crippen LogP contribution in [0.4, 0.5) is 0 Å². The van der Waals surface area contributed by atoms with E-state index in [2.05, 4.69) is 114 Å². The third-order valence-corrected chi connectivity index (χ3v) is 6.54. The van der Waals surface area contributed by atoms with E-state index < -0.39 is 0 Å². The van der Waals surface area contributed by atoms with Gasteiger partial charge in [0.2, 0.25) is 0 Å². The Morgan fingerprint density at radius 3 is 1.71 bits per heavy atom. The molecule has 0 aliphatic rings. The van der Waals surface area contributed by atoms with Crippen LogP contribution in [0.25, 0.3) is 65.3 Å². The summed E-state index contributed by atoms with van der Waals surface area (Å²) in [5.74, 6) is 0. The van der Waals surface area contributed by atoms with Crippen molar-refractivity contribution in [2.45, 2.75) is 0 Å². The van der Waals surface area contributed by atoms with Crippen LogP contribution in [-0.4, -0.2) is 4.98 Å².